The topological polar surface area (TPSA) is 55.9 Å². The molecule has 0 amide bonds. The molecule has 0 unspecified atom stereocenters. The van der Waals surface area contributed by atoms with Gasteiger partial charge in [0.05, 0.1) is 23.1 Å². The summed E-state index contributed by atoms with van der Waals surface area (Å²) in [6.07, 6.45) is -1.23. The highest BCUT2D eigenvalue weighted by atomic mass is 19.4. The van der Waals surface area contributed by atoms with Gasteiger partial charge < -0.3 is 11.1 Å². The van der Waals surface area contributed by atoms with Gasteiger partial charge in [-0.1, -0.05) is 12.1 Å². The Morgan fingerprint density at radius 1 is 1.23 bits per heavy atom. The second kappa shape index (κ2) is 6.83. The summed E-state index contributed by atoms with van der Waals surface area (Å²) in [5.41, 5.74) is 7.44. The first-order valence-electron chi connectivity index (χ1n) is 7.02. The molecule has 1 heterocycles. The van der Waals surface area contributed by atoms with E-state index in [1.165, 1.54) is 12.1 Å². The van der Waals surface area contributed by atoms with E-state index in [1.807, 2.05) is 7.05 Å². The lowest BCUT2D eigenvalue weighted by Gasteiger charge is -2.10. The van der Waals surface area contributed by atoms with E-state index in [9.17, 15) is 13.2 Å². The fourth-order valence-corrected chi connectivity index (χ4v) is 2.15. The molecule has 0 bridgehead atoms. The molecule has 0 spiro atoms. The zero-order valence-electron chi connectivity index (χ0n) is 12.3. The Balaban J connectivity index is 2.11. The summed E-state index contributed by atoms with van der Waals surface area (Å²) in [7, 11) is 1.81. The number of nitrogens with one attached hydrogen (secondary N) is 1. The summed E-state index contributed by atoms with van der Waals surface area (Å²) >= 11 is 0. The first kappa shape index (κ1) is 16.4. The molecule has 4 nitrogen and oxygen atoms in total. The molecular weight excluding hydrogens is 293 g/mol. The number of hydrogen-bond acceptors (Lipinski definition) is 3. The van der Waals surface area contributed by atoms with E-state index < -0.39 is 11.7 Å². The maximum absolute atomic E-state index is 12.6. The van der Waals surface area contributed by atoms with Gasteiger partial charge in [0.15, 0.2) is 0 Å². The molecular formula is C15H19F3N4. The Kier molecular flexibility index (Phi) is 5.07. The van der Waals surface area contributed by atoms with E-state index in [2.05, 4.69) is 10.4 Å². The molecule has 0 aliphatic carbocycles. The molecule has 7 heteroatoms. The summed E-state index contributed by atoms with van der Waals surface area (Å²) < 4.78 is 39.4. The summed E-state index contributed by atoms with van der Waals surface area (Å²) in [5.74, 6) is 0. The fourth-order valence-electron chi connectivity index (χ4n) is 2.15. The van der Waals surface area contributed by atoms with Gasteiger partial charge in [-0.25, -0.2) is 0 Å². The van der Waals surface area contributed by atoms with Crippen molar-refractivity contribution in [3.8, 4) is 0 Å². The van der Waals surface area contributed by atoms with E-state index in [4.69, 9.17) is 5.73 Å². The highest BCUT2D eigenvalue weighted by molar-refractivity contribution is 5.48. The number of aryl methyl sites for hydroxylation is 1. The van der Waals surface area contributed by atoms with Gasteiger partial charge in [-0.2, -0.15) is 18.3 Å². The standard InChI is InChI=1S/C15H19F3N4/c1-22-14(13(10-21-22)20-8-2-7-19)9-11-3-5-12(6-4-11)15(16,17)18/h3-6,10,20H,2,7-9,19H2,1H3. The first-order valence-corrected chi connectivity index (χ1v) is 7.02. The SMILES string of the molecule is Cn1ncc(NCCCN)c1Cc1ccc(C(F)(F)F)cc1. The van der Waals surface area contributed by atoms with Crippen LogP contribution in [0.3, 0.4) is 0 Å². The van der Waals surface area contributed by atoms with Gasteiger partial charge in [0.25, 0.3) is 0 Å². The van der Waals surface area contributed by atoms with Gasteiger partial charge in [0.1, 0.15) is 0 Å². The van der Waals surface area contributed by atoms with E-state index in [1.54, 1.807) is 10.9 Å². The van der Waals surface area contributed by atoms with Gasteiger partial charge in [0, 0.05) is 20.0 Å². The van der Waals surface area contributed by atoms with E-state index in [0.717, 1.165) is 42.0 Å². The number of hydrogen-bond donors (Lipinski definition) is 2. The molecule has 2 rings (SSSR count). The molecule has 2 aromatic rings. The predicted octanol–water partition coefficient (Wildman–Crippen LogP) is 2.79. The molecule has 3 N–H and O–H groups in total. The molecule has 0 saturated heterocycles. The Morgan fingerprint density at radius 2 is 1.91 bits per heavy atom. The number of rotatable bonds is 6. The molecule has 1 aromatic heterocycles. The maximum atomic E-state index is 12.6. The number of halogens is 3. The molecule has 22 heavy (non-hydrogen) atoms. The monoisotopic (exact) mass is 312 g/mol. The van der Waals surface area contributed by atoms with E-state index in [-0.39, 0.29) is 0 Å². The number of benzene rings is 1. The van der Waals surface area contributed by atoms with E-state index >= 15 is 0 Å². The zero-order valence-corrected chi connectivity index (χ0v) is 12.3. The lowest BCUT2D eigenvalue weighted by molar-refractivity contribution is -0.137. The molecule has 120 valence electrons. The van der Waals surface area contributed by atoms with Gasteiger partial charge >= 0.3 is 6.18 Å². The van der Waals surface area contributed by atoms with Gasteiger partial charge in [-0.05, 0) is 30.7 Å². The Bertz CT molecular complexity index is 602. The van der Waals surface area contributed by atoms with Crippen LogP contribution in [0.25, 0.3) is 0 Å². The summed E-state index contributed by atoms with van der Waals surface area (Å²) in [4.78, 5) is 0. The van der Waals surface area contributed by atoms with Crippen molar-refractivity contribution < 1.29 is 13.2 Å². The van der Waals surface area contributed by atoms with Crippen molar-refractivity contribution >= 4 is 5.69 Å². The van der Waals surface area contributed by atoms with Crippen molar-refractivity contribution in [1.82, 2.24) is 9.78 Å². The van der Waals surface area contributed by atoms with Crippen LogP contribution >= 0.6 is 0 Å². The third kappa shape index (κ3) is 4.00. The van der Waals surface area contributed by atoms with Crippen molar-refractivity contribution in [1.29, 1.82) is 0 Å². The molecule has 0 saturated carbocycles. The van der Waals surface area contributed by atoms with Crippen molar-refractivity contribution in [2.45, 2.75) is 19.0 Å². The largest absolute Gasteiger partial charge is 0.416 e. The van der Waals surface area contributed by atoms with Crippen LogP contribution in [0, 0.1) is 0 Å². The van der Waals surface area contributed by atoms with Crippen LogP contribution in [0.2, 0.25) is 0 Å². The summed E-state index contributed by atoms with van der Waals surface area (Å²) in [6, 6.07) is 5.21. The lowest BCUT2D eigenvalue weighted by Crippen LogP contribution is -2.10. The van der Waals surface area contributed by atoms with Crippen molar-refractivity contribution in [2.24, 2.45) is 12.8 Å². The Labute approximate surface area is 127 Å². The number of nitrogens with zero attached hydrogens (tertiary/aromatic N) is 2. The number of alkyl halides is 3. The van der Waals surface area contributed by atoms with E-state index in [0.29, 0.717) is 13.0 Å². The second-order valence-corrected chi connectivity index (χ2v) is 5.07. The van der Waals surface area contributed by atoms with Crippen LogP contribution < -0.4 is 11.1 Å². The smallest absolute Gasteiger partial charge is 0.382 e. The minimum absolute atomic E-state index is 0.513. The first-order chi connectivity index (χ1) is 10.4. The number of aromatic nitrogens is 2. The highest BCUT2D eigenvalue weighted by Crippen LogP contribution is 2.29. The normalized spacial score (nSPS) is 11.7. The average Bonchev–Trinajstić information content (AvgIpc) is 2.80. The maximum Gasteiger partial charge on any atom is 0.416 e. The van der Waals surface area contributed by atoms with Crippen molar-refractivity contribution in [3.63, 3.8) is 0 Å². The van der Waals surface area contributed by atoms with Gasteiger partial charge in [-0.15, -0.1) is 0 Å². The van der Waals surface area contributed by atoms with Crippen LogP contribution in [0.4, 0.5) is 18.9 Å². The minimum Gasteiger partial charge on any atom is -0.382 e. The summed E-state index contributed by atoms with van der Waals surface area (Å²) in [6.45, 7) is 1.34. The lowest BCUT2D eigenvalue weighted by atomic mass is 10.1. The van der Waals surface area contributed by atoms with Crippen LogP contribution in [-0.2, 0) is 19.6 Å². The third-order valence-corrected chi connectivity index (χ3v) is 3.41. The molecule has 0 fully saturated rings. The summed E-state index contributed by atoms with van der Waals surface area (Å²) in [5, 5.41) is 7.44. The Hall–Kier alpha value is -2.02. The van der Waals surface area contributed by atoms with Crippen molar-refractivity contribution in [2.75, 3.05) is 18.4 Å². The van der Waals surface area contributed by atoms with Crippen LogP contribution in [-0.4, -0.2) is 22.9 Å². The van der Waals surface area contributed by atoms with Crippen LogP contribution in [0.1, 0.15) is 23.2 Å². The minimum atomic E-state index is -4.31. The number of nitrogens with two attached hydrogens (primary N) is 1. The highest BCUT2D eigenvalue weighted by Gasteiger charge is 2.29. The third-order valence-electron chi connectivity index (χ3n) is 3.41. The fraction of sp³-hybridized carbons (Fsp3) is 0.400. The van der Waals surface area contributed by atoms with Gasteiger partial charge in [0.2, 0.25) is 0 Å². The molecule has 1 aromatic carbocycles. The average molecular weight is 312 g/mol. The predicted molar refractivity (Wildman–Crippen MR) is 79.6 cm³/mol. The number of anilines is 1. The second-order valence-electron chi connectivity index (χ2n) is 5.07. The zero-order chi connectivity index (χ0) is 16.2. The Morgan fingerprint density at radius 3 is 2.50 bits per heavy atom. The van der Waals surface area contributed by atoms with Crippen LogP contribution in [0.5, 0.6) is 0 Å². The molecule has 0 radical (unpaired) electrons. The molecule has 0 aliphatic rings. The van der Waals surface area contributed by atoms with Crippen molar-refractivity contribution in [3.05, 3.63) is 47.3 Å². The quantitative estimate of drug-likeness (QED) is 0.807. The van der Waals surface area contributed by atoms with Crippen LogP contribution in [0.15, 0.2) is 30.5 Å². The molecule has 0 atom stereocenters. The molecule has 0 aliphatic heterocycles. The van der Waals surface area contributed by atoms with Gasteiger partial charge in [-0.3, -0.25) is 4.68 Å².